The van der Waals surface area contributed by atoms with Crippen LogP contribution in [0.15, 0.2) is 85.1 Å². The molecule has 0 radical (unpaired) electrons. The van der Waals surface area contributed by atoms with E-state index in [4.69, 9.17) is 14.2 Å². The van der Waals surface area contributed by atoms with E-state index >= 15 is 0 Å². The first kappa shape index (κ1) is 74.9. The van der Waals surface area contributed by atoms with Gasteiger partial charge in [-0.2, -0.15) is 0 Å². The number of unbranched alkanes of at least 4 members (excludes halogenated alkanes) is 29. The van der Waals surface area contributed by atoms with Crippen LogP contribution in [0.3, 0.4) is 0 Å². The van der Waals surface area contributed by atoms with Crippen molar-refractivity contribution in [2.45, 2.75) is 327 Å². The van der Waals surface area contributed by atoms with Crippen molar-refractivity contribution in [1.82, 2.24) is 5.32 Å². The highest BCUT2D eigenvalue weighted by atomic mass is 16.7. The average Bonchev–Trinajstić information content (AvgIpc) is 3.46. The summed E-state index contributed by atoms with van der Waals surface area (Å²) in [7, 11) is 0. The summed E-state index contributed by atoms with van der Waals surface area (Å²) in [6.07, 6.45) is 63.5. The van der Waals surface area contributed by atoms with Gasteiger partial charge in [-0.25, -0.2) is 0 Å². The maximum absolute atomic E-state index is 13.4. The first-order chi connectivity index (χ1) is 39.2. The second-order valence-corrected chi connectivity index (χ2v) is 22.5. The van der Waals surface area contributed by atoms with E-state index in [-0.39, 0.29) is 19.4 Å². The molecule has 1 amide bonds. The fraction of sp³-hybridized carbons (Fsp3) is 0.768. The topological polar surface area (TPSA) is 175 Å². The molecule has 11 heteroatoms. The minimum Gasteiger partial charge on any atom is -0.454 e. The van der Waals surface area contributed by atoms with Crippen LogP contribution in [0.25, 0.3) is 0 Å². The van der Waals surface area contributed by atoms with Gasteiger partial charge in [-0.3, -0.25) is 9.59 Å². The lowest BCUT2D eigenvalue weighted by Gasteiger charge is -2.41. The monoisotopic (exact) mass is 1120 g/mol. The average molecular weight is 1120 g/mol. The van der Waals surface area contributed by atoms with Crippen molar-refractivity contribution in [2.75, 3.05) is 13.2 Å². The smallest absolute Gasteiger partial charge is 0.306 e. The highest BCUT2D eigenvalue weighted by Gasteiger charge is 2.47. The standard InChI is InChI=1S/C69H121NO10/c1-4-7-10-13-16-19-22-24-26-27-28-29-30-31-32-33-34-35-36-37-38-41-44-47-50-53-56-62(73)68(77)70-60(61(72)55-52-49-46-43-40-21-18-15-12-9-6-3)59-78-69-67(66(76)65(75)63(58-71)79-69)80-64(74)57-54-51-48-45-42-39-25-23-20-17-14-11-8-5-2/h8,11,16-17,19-20,24-26,28-29,39,52,55,60-63,65-67,69,71-73,75-76H,4-7,9-10,12-15,18,21-23,27,30-38,40-51,53-54,56-59H2,1-3H3,(H,70,77)/b11-8+,19-16-,20-17+,26-24-,29-28-,39-25+,55-52+. The van der Waals surface area contributed by atoms with Crippen LogP contribution in [0.1, 0.15) is 278 Å². The van der Waals surface area contributed by atoms with Crippen LogP contribution in [-0.2, 0) is 23.8 Å². The number of nitrogens with one attached hydrogen (secondary N) is 1. The summed E-state index contributed by atoms with van der Waals surface area (Å²) < 4.78 is 17.6. The number of esters is 1. The van der Waals surface area contributed by atoms with E-state index in [1.54, 1.807) is 6.08 Å². The maximum Gasteiger partial charge on any atom is 0.306 e. The molecule has 80 heavy (non-hydrogen) atoms. The second-order valence-electron chi connectivity index (χ2n) is 22.5. The highest BCUT2D eigenvalue weighted by molar-refractivity contribution is 5.80. The van der Waals surface area contributed by atoms with Crippen molar-refractivity contribution in [3.05, 3.63) is 85.1 Å². The van der Waals surface area contributed by atoms with Gasteiger partial charge >= 0.3 is 5.97 Å². The van der Waals surface area contributed by atoms with Gasteiger partial charge in [0, 0.05) is 6.42 Å². The Labute approximate surface area is 489 Å². The molecule has 0 spiro atoms. The van der Waals surface area contributed by atoms with E-state index in [1.165, 1.54) is 135 Å². The molecule has 8 atom stereocenters. The molecule has 1 rings (SSSR count). The first-order valence-corrected chi connectivity index (χ1v) is 32.9. The summed E-state index contributed by atoms with van der Waals surface area (Å²) in [4.78, 5) is 26.5. The Morgan fingerprint density at radius 3 is 1.38 bits per heavy atom. The fourth-order valence-corrected chi connectivity index (χ4v) is 9.85. The molecule has 462 valence electrons. The van der Waals surface area contributed by atoms with Gasteiger partial charge < -0.3 is 45.1 Å². The Kier molecular flexibility index (Phi) is 52.7. The third kappa shape index (κ3) is 43.5. The molecule has 0 saturated carbocycles. The molecule has 11 nitrogen and oxygen atoms in total. The van der Waals surface area contributed by atoms with Crippen molar-refractivity contribution in [3.63, 3.8) is 0 Å². The van der Waals surface area contributed by atoms with E-state index in [0.29, 0.717) is 12.8 Å². The third-order valence-corrected chi connectivity index (χ3v) is 15.0. The lowest BCUT2D eigenvalue weighted by atomic mass is 9.99. The highest BCUT2D eigenvalue weighted by Crippen LogP contribution is 2.26. The predicted octanol–water partition coefficient (Wildman–Crippen LogP) is 16.1. The van der Waals surface area contributed by atoms with E-state index < -0.39 is 67.4 Å². The minimum absolute atomic E-state index is 0.0952. The molecular weight excluding hydrogens is 1000 g/mol. The Hall–Kier alpha value is -3.16. The number of aliphatic hydroxyl groups is 5. The van der Waals surface area contributed by atoms with Crippen LogP contribution in [0.4, 0.5) is 0 Å². The normalized spacial score (nSPS) is 19.3. The molecule has 0 aromatic rings. The van der Waals surface area contributed by atoms with Gasteiger partial charge in [0.25, 0.3) is 0 Å². The largest absolute Gasteiger partial charge is 0.454 e. The third-order valence-electron chi connectivity index (χ3n) is 15.0. The van der Waals surface area contributed by atoms with Crippen LogP contribution in [0.5, 0.6) is 0 Å². The lowest BCUT2D eigenvalue weighted by molar-refractivity contribution is -0.305. The van der Waals surface area contributed by atoms with Crippen molar-refractivity contribution in [2.24, 2.45) is 0 Å². The summed E-state index contributed by atoms with van der Waals surface area (Å²) in [5, 5.41) is 57.0. The van der Waals surface area contributed by atoms with Crippen LogP contribution < -0.4 is 5.32 Å². The van der Waals surface area contributed by atoms with Gasteiger partial charge in [-0.05, 0) is 96.3 Å². The first-order valence-electron chi connectivity index (χ1n) is 32.9. The van der Waals surface area contributed by atoms with Crippen molar-refractivity contribution >= 4 is 11.9 Å². The van der Waals surface area contributed by atoms with E-state index in [2.05, 4.69) is 99.0 Å². The Morgan fingerprint density at radius 2 is 0.900 bits per heavy atom. The second kappa shape index (κ2) is 56.3. The molecular formula is C69H121NO10. The number of rotatable bonds is 55. The summed E-state index contributed by atoms with van der Waals surface area (Å²) >= 11 is 0. The van der Waals surface area contributed by atoms with E-state index in [1.807, 2.05) is 6.08 Å². The van der Waals surface area contributed by atoms with Crippen molar-refractivity contribution < 1.29 is 49.3 Å². The number of hydrogen-bond acceptors (Lipinski definition) is 10. The predicted molar refractivity (Wildman–Crippen MR) is 333 cm³/mol. The molecule has 8 unspecified atom stereocenters. The van der Waals surface area contributed by atoms with Gasteiger partial charge in [-0.15, -0.1) is 0 Å². The van der Waals surface area contributed by atoms with Crippen LogP contribution >= 0.6 is 0 Å². The molecule has 1 fully saturated rings. The molecule has 0 aromatic carbocycles. The molecule has 0 aliphatic carbocycles. The number of hydrogen-bond donors (Lipinski definition) is 6. The summed E-state index contributed by atoms with van der Waals surface area (Å²) in [5.41, 5.74) is 0. The number of carbonyl (C=O) groups is 2. The molecule has 6 N–H and O–H groups in total. The number of carbonyl (C=O) groups excluding carboxylic acids is 2. The Balaban J connectivity index is 2.58. The van der Waals surface area contributed by atoms with Gasteiger partial charge in [0.1, 0.15) is 24.4 Å². The minimum atomic E-state index is -1.63. The SMILES string of the molecule is CC/C=C/C/C=C/C/C=C/CCCCCCC(=O)OC1C(OCC(NC(=O)C(O)CCCCCCCCCCCCCCC/C=C\C/C=C\C/C=C\CCCCC)C(O)/C=C/CCCCCCCCCCC)OC(CO)C(O)C1O. The number of aliphatic hydroxyl groups excluding tert-OH is 5. The van der Waals surface area contributed by atoms with Crippen LogP contribution in [0, 0.1) is 0 Å². The number of amides is 1. The molecule has 1 aliphatic rings. The molecule has 1 saturated heterocycles. The zero-order chi connectivity index (χ0) is 58.2. The molecule has 0 aromatic heterocycles. The Bertz CT molecular complexity index is 1620. The van der Waals surface area contributed by atoms with E-state index in [0.717, 1.165) is 96.3 Å². The number of allylic oxidation sites excluding steroid dienone is 13. The fourth-order valence-electron chi connectivity index (χ4n) is 9.85. The van der Waals surface area contributed by atoms with Gasteiger partial charge in [0.2, 0.25) is 5.91 Å². The zero-order valence-corrected chi connectivity index (χ0v) is 51.2. The van der Waals surface area contributed by atoms with Gasteiger partial charge in [0.15, 0.2) is 12.4 Å². The maximum atomic E-state index is 13.4. The molecule has 1 aliphatic heterocycles. The van der Waals surface area contributed by atoms with Crippen molar-refractivity contribution in [1.29, 1.82) is 0 Å². The lowest BCUT2D eigenvalue weighted by Crippen LogP contribution is -2.61. The summed E-state index contributed by atoms with van der Waals surface area (Å²) in [5.74, 6) is -1.22. The van der Waals surface area contributed by atoms with Crippen LogP contribution in [0.2, 0.25) is 0 Å². The number of ether oxygens (including phenoxy) is 3. The van der Waals surface area contributed by atoms with E-state index in [9.17, 15) is 35.1 Å². The molecule has 0 bridgehead atoms. The van der Waals surface area contributed by atoms with Gasteiger partial charge in [0.05, 0.1) is 25.4 Å². The quantitative estimate of drug-likeness (QED) is 0.0195. The van der Waals surface area contributed by atoms with Crippen LogP contribution in [-0.4, -0.2) is 99.6 Å². The Morgan fingerprint density at radius 1 is 0.500 bits per heavy atom. The van der Waals surface area contributed by atoms with Crippen molar-refractivity contribution in [3.8, 4) is 0 Å². The van der Waals surface area contributed by atoms with Gasteiger partial charge in [-0.1, -0.05) is 260 Å². The zero-order valence-electron chi connectivity index (χ0n) is 51.2. The summed E-state index contributed by atoms with van der Waals surface area (Å²) in [6, 6.07) is -1.03. The molecule has 1 heterocycles. The summed E-state index contributed by atoms with van der Waals surface area (Å²) in [6.45, 7) is 5.63.